The van der Waals surface area contributed by atoms with Crippen molar-refractivity contribution in [3.63, 3.8) is 0 Å². The fraction of sp³-hybridized carbons (Fsp3) is 0.300. The highest BCUT2D eigenvalue weighted by molar-refractivity contribution is 5.51. The van der Waals surface area contributed by atoms with Gasteiger partial charge in [-0.05, 0) is 41.1 Å². The highest BCUT2D eigenvalue weighted by Gasteiger charge is 2.42. The Morgan fingerprint density at radius 2 is 1.88 bits per heavy atom. The first kappa shape index (κ1) is 13.9. The Hall–Kier alpha value is -2.46. The van der Waals surface area contributed by atoms with Gasteiger partial charge in [-0.2, -0.15) is 0 Å². The second-order valence-corrected chi connectivity index (χ2v) is 6.71. The first-order chi connectivity index (χ1) is 11.8. The number of nitrogens with zero attached hydrogens (tertiary/aromatic N) is 3. The summed E-state index contributed by atoms with van der Waals surface area (Å²) in [4.78, 5) is 7.02. The maximum Gasteiger partial charge on any atom is 0.293 e. The average Bonchev–Trinajstić information content (AvgIpc) is 3.01. The van der Waals surface area contributed by atoms with Crippen molar-refractivity contribution in [3.05, 3.63) is 72.2 Å². The molecule has 4 heterocycles. The number of ether oxygens (including phenoxy) is 1. The van der Waals surface area contributed by atoms with Gasteiger partial charge >= 0.3 is 0 Å². The summed E-state index contributed by atoms with van der Waals surface area (Å²) in [6.07, 6.45) is 5.97. The van der Waals surface area contributed by atoms with E-state index in [1.807, 2.05) is 23.0 Å². The quantitative estimate of drug-likeness (QED) is 0.646. The predicted octanol–water partition coefficient (Wildman–Crippen LogP) is 2.85. The molecule has 0 atom stereocenters. The van der Waals surface area contributed by atoms with E-state index < -0.39 is 0 Å². The van der Waals surface area contributed by atoms with Crippen LogP contribution in [0.3, 0.4) is 0 Å². The molecule has 2 aliphatic rings. The minimum absolute atomic E-state index is 0.0846. The van der Waals surface area contributed by atoms with E-state index in [1.54, 1.807) is 0 Å². The lowest BCUT2D eigenvalue weighted by Gasteiger charge is -2.38. The van der Waals surface area contributed by atoms with Crippen LogP contribution in [0.5, 0.6) is 0 Å². The molecule has 0 bridgehead atoms. The normalized spacial score (nSPS) is 18.9. The third-order valence-corrected chi connectivity index (χ3v) is 5.42. The zero-order valence-corrected chi connectivity index (χ0v) is 13.6. The minimum atomic E-state index is -0.0846. The van der Waals surface area contributed by atoms with Gasteiger partial charge in [0.15, 0.2) is 0 Å². The van der Waals surface area contributed by atoms with Crippen LogP contribution in [-0.2, 0) is 16.9 Å². The lowest BCUT2D eigenvalue weighted by Crippen LogP contribution is -2.43. The minimum Gasteiger partial charge on any atom is -0.365 e. The van der Waals surface area contributed by atoms with E-state index in [9.17, 15) is 0 Å². The lowest BCUT2D eigenvalue weighted by molar-refractivity contribution is -0.515. The Morgan fingerprint density at radius 3 is 2.79 bits per heavy atom. The molecule has 24 heavy (non-hydrogen) atoms. The van der Waals surface area contributed by atoms with Crippen molar-refractivity contribution in [2.45, 2.75) is 25.0 Å². The number of pyridine rings is 1. The molecule has 4 heteroatoms. The second kappa shape index (κ2) is 5.28. The molecule has 1 spiro atoms. The molecule has 0 radical (unpaired) electrons. The van der Waals surface area contributed by atoms with Crippen LogP contribution < -0.4 is 9.30 Å². The van der Waals surface area contributed by atoms with Crippen molar-refractivity contribution in [1.82, 2.24) is 4.98 Å². The molecule has 0 N–H and O–H groups in total. The standard InChI is InChI=1S/C20H20N3O/c1-2-7-18-16(5-1)14-24-20(18)8-11-22(12-9-20)19-13-17-6-3-4-10-23(17)15-21-19/h1-7,10,13,15H,8-9,11-12,14H2/q+1. The number of piperidine rings is 1. The molecule has 0 aliphatic carbocycles. The van der Waals surface area contributed by atoms with Gasteiger partial charge in [0.2, 0.25) is 5.82 Å². The largest absolute Gasteiger partial charge is 0.365 e. The number of hydrogen-bond acceptors (Lipinski definition) is 3. The molecule has 2 aliphatic heterocycles. The van der Waals surface area contributed by atoms with Crippen LogP contribution in [0.2, 0.25) is 0 Å². The molecular formula is C20H20N3O+. The van der Waals surface area contributed by atoms with E-state index in [0.29, 0.717) is 0 Å². The number of anilines is 1. The first-order valence-corrected chi connectivity index (χ1v) is 8.57. The summed E-state index contributed by atoms with van der Waals surface area (Å²) in [6.45, 7) is 2.70. The highest BCUT2D eigenvalue weighted by atomic mass is 16.5. The van der Waals surface area contributed by atoms with Gasteiger partial charge in [-0.25, -0.2) is 4.40 Å². The van der Waals surface area contributed by atoms with E-state index in [0.717, 1.165) is 38.4 Å². The summed E-state index contributed by atoms with van der Waals surface area (Å²) in [5.74, 6) is 1.06. The van der Waals surface area contributed by atoms with Gasteiger partial charge < -0.3 is 9.64 Å². The third kappa shape index (κ3) is 2.10. The third-order valence-electron chi connectivity index (χ3n) is 5.42. The molecule has 0 unspecified atom stereocenters. The maximum atomic E-state index is 6.26. The van der Waals surface area contributed by atoms with Gasteiger partial charge in [0, 0.05) is 13.1 Å². The van der Waals surface area contributed by atoms with Crippen LogP contribution >= 0.6 is 0 Å². The molecule has 3 aromatic rings. The summed E-state index contributed by atoms with van der Waals surface area (Å²) < 4.78 is 8.30. The summed E-state index contributed by atoms with van der Waals surface area (Å²) in [5, 5.41) is 0. The Morgan fingerprint density at radius 1 is 1.04 bits per heavy atom. The number of benzene rings is 1. The second-order valence-electron chi connectivity index (χ2n) is 6.71. The van der Waals surface area contributed by atoms with Crippen molar-refractivity contribution >= 4 is 11.3 Å². The summed E-state index contributed by atoms with van der Waals surface area (Å²) in [7, 11) is 0. The first-order valence-electron chi connectivity index (χ1n) is 8.57. The van der Waals surface area contributed by atoms with Crippen molar-refractivity contribution in [3.8, 4) is 0 Å². The SMILES string of the molecule is c1ccc2c(c1)COC21CCN(c2cc3cccc[n+]3cn2)CC1. The van der Waals surface area contributed by atoms with Gasteiger partial charge in [-0.3, -0.25) is 0 Å². The van der Waals surface area contributed by atoms with E-state index >= 15 is 0 Å². The summed E-state index contributed by atoms with van der Waals surface area (Å²) in [6, 6.07) is 17.0. The number of fused-ring (bicyclic) bond motifs is 3. The molecule has 1 aromatic carbocycles. The zero-order chi connectivity index (χ0) is 16.0. The van der Waals surface area contributed by atoms with Gasteiger partial charge in [0.05, 0.1) is 24.5 Å². The van der Waals surface area contributed by atoms with Crippen molar-refractivity contribution in [2.24, 2.45) is 0 Å². The van der Waals surface area contributed by atoms with Crippen LogP contribution in [0, 0.1) is 0 Å². The monoisotopic (exact) mass is 318 g/mol. The smallest absolute Gasteiger partial charge is 0.293 e. The molecule has 0 saturated carbocycles. The van der Waals surface area contributed by atoms with Gasteiger partial charge in [-0.1, -0.05) is 30.3 Å². The number of aromatic nitrogens is 2. The molecule has 120 valence electrons. The van der Waals surface area contributed by atoms with Crippen molar-refractivity contribution in [1.29, 1.82) is 0 Å². The molecule has 5 rings (SSSR count). The molecule has 2 aromatic heterocycles. The van der Waals surface area contributed by atoms with Crippen LogP contribution in [0.15, 0.2) is 61.1 Å². The van der Waals surface area contributed by atoms with E-state index in [1.165, 1.54) is 16.6 Å². The Bertz CT molecular complexity index is 900. The van der Waals surface area contributed by atoms with Crippen LogP contribution in [-0.4, -0.2) is 18.1 Å². The molecule has 1 fully saturated rings. The Balaban J connectivity index is 1.40. The zero-order valence-electron chi connectivity index (χ0n) is 13.6. The average molecular weight is 318 g/mol. The highest BCUT2D eigenvalue weighted by Crippen LogP contribution is 2.44. The van der Waals surface area contributed by atoms with Crippen molar-refractivity contribution in [2.75, 3.05) is 18.0 Å². The topological polar surface area (TPSA) is 29.5 Å². The Kier molecular flexibility index (Phi) is 3.06. The van der Waals surface area contributed by atoms with Crippen LogP contribution in [0.1, 0.15) is 24.0 Å². The van der Waals surface area contributed by atoms with Crippen LogP contribution in [0.25, 0.3) is 5.52 Å². The molecular weight excluding hydrogens is 298 g/mol. The fourth-order valence-electron chi connectivity index (χ4n) is 4.06. The Labute approximate surface area is 141 Å². The van der Waals surface area contributed by atoms with Gasteiger partial charge in [0.25, 0.3) is 6.33 Å². The fourth-order valence-corrected chi connectivity index (χ4v) is 4.06. The van der Waals surface area contributed by atoms with E-state index in [4.69, 9.17) is 4.74 Å². The van der Waals surface area contributed by atoms with Gasteiger partial charge in [-0.15, -0.1) is 0 Å². The van der Waals surface area contributed by atoms with Gasteiger partial charge in [0.1, 0.15) is 5.52 Å². The maximum absolute atomic E-state index is 6.26. The molecule has 1 saturated heterocycles. The summed E-state index contributed by atoms with van der Waals surface area (Å²) >= 11 is 0. The van der Waals surface area contributed by atoms with Crippen molar-refractivity contribution < 1.29 is 9.14 Å². The lowest BCUT2D eigenvalue weighted by atomic mass is 9.84. The predicted molar refractivity (Wildman–Crippen MR) is 91.8 cm³/mol. The van der Waals surface area contributed by atoms with E-state index in [2.05, 4.69) is 52.3 Å². The van der Waals surface area contributed by atoms with E-state index in [-0.39, 0.29) is 5.60 Å². The van der Waals surface area contributed by atoms with Crippen LogP contribution in [0.4, 0.5) is 5.82 Å². The molecule has 0 amide bonds. The molecule has 4 nitrogen and oxygen atoms in total. The number of rotatable bonds is 1. The summed E-state index contributed by atoms with van der Waals surface area (Å²) in [5.41, 5.74) is 3.83. The number of hydrogen-bond donors (Lipinski definition) is 0.